The van der Waals surface area contributed by atoms with Gasteiger partial charge in [-0.2, -0.15) is 0 Å². The molecule has 0 aromatic heterocycles. The summed E-state index contributed by atoms with van der Waals surface area (Å²) in [6, 6.07) is 0. The molecule has 0 bridgehead atoms. The highest BCUT2D eigenvalue weighted by molar-refractivity contribution is 7.42. The Morgan fingerprint density at radius 1 is 0.750 bits per heavy atom. The molecule has 6 heteroatoms. The van der Waals surface area contributed by atoms with Crippen molar-refractivity contribution >= 4 is 14.6 Å². The first-order valence-corrected chi connectivity index (χ1v) is 10.7. The Bertz CT molecular complexity index is 262. The number of rotatable bonds is 18. The molecule has 24 heavy (non-hydrogen) atoms. The van der Waals surface area contributed by atoms with Crippen molar-refractivity contribution in [1.29, 1.82) is 0 Å². The minimum absolute atomic E-state index is 0.494. The third-order valence-electron chi connectivity index (χ3n) is 3.67. The zero-order valence-corrected chi connectivity index (χ0v) is 16.5. The van der Waals surface area contributed by atoms with Gasteiger partial charge in [0.05, 0.1) is 13.2 Å². The van der Waals surface area contributed by atoms with Gasteiger partial charge in [-0.25, -0.2) is 9.18 Å². The van der Waals surface area contributed by atoms with Crippen LogP contribution in [0.5, 0.6) is 0 Å². The van der Waals surface area contributed by atoms with Crippen molar-refractivity contribution in [2.45, 2.75) is 90.9 Å². The van der Waals surface area contributed by atoms with E-state index in [2.05, 4.69) is 13.8 Å². The van der Waals surface area contributed by atoms with E-state index in [1.54, 1.807) is 0 Å². The molecule has 0 spiro atoms. The van der Waals surface area contributed by atoms with Gasteiger partial charge in [-0.3, -0.25) is 0 Å². The van der Waals surface area contributed by atoms with E-state index < -0.39 is 21.2 Å². The van der Waals surface area contributed by atoms with Crippen molar-refractivity contribution in [1.82, 2.24) is 0 Å². The normalized spacial score (nSPS) is 11.2. The third kappa shape index (κ3) is 16.6. The largest absolute Gasteiger partial charge is 0.399 e. The summed E-state index contributed by atoms with van der Waals surface area (Å²) in [5, 5.41) is 0. The van der Waals surface area contributed by atoms with Crippen LogP contribution in [0, 0.1) is 0 Å². The van der Waals surface area contributed by atoms with Gasteiger partial charge in [0.2, 0.25) is 0 Å². The molecule has 0 heterocycles. The van der Waals surface area contributed by atoms with Crippen LogP contribution in [0.3, 0.4) is 0 Å². The standard InChI is InChI=1S/C18H36FO4P/c1-3-5-7-9-11-13-15-21-24(23-18(20)17-19)22-16-14-12-10-8-6-4-2/h3-17H2,1-2H3. The van der Waals surface area contributed by atoms with Crippen LogP contribution in [0.4, 0.5) is 4.39 Å². The lowest BCUT2D eigenvalue weighted by Crippen LogP contribution is -2.06. The number of alkyl halides is 1. The lowest BCUT2D eigenvalue weighted by atomic mass is 10.1. The number of hydrogen-bond donors (Lipinski definition) is 0. The molecule has 0 atom stereocenters. The summed E-state index contributed by atoms with van der Waals surface area (Å²) in [5.41, 5.74) is 0. The van der Waals surface area contributed by atoms with Crippen LogP contribution < -0.4 is 0 Å². The summed E-state index contributed by atoms with van der Waals surface area (Å²) in [5.74, 6) is -0.910. The van der Waals surface area contributed by atoms with Crippen molar-refractivity contribution in [2.24, 2.45) is 0 Å². The molecule has 0 aliphatic rings. The molecule has 0 aliphatic heterocycles. The van der Waals surface area contributed by atoms with Gasteiger partial charge < -0.3 is 13.6 Å². The maximum Gasteiger partial charge on any atom is 0.399 e. The van der Waals surface area contributed by atoms with Crippen molar-refractivity contribution in [3.8, 4) is 0 Å². The fourth-order valence-electron chi connectivity index (χ4n) is 2.24. The highest BCUT2D eigenvalue weighted by Gasteiger charge is 2.18. The maximum absolute atomic E-state index is 12.3. The molecular weight excluding hydrogens is 330 g/mol. The van der Waals surface area contributed by atoms with E-state index in [4.69, 9.17) is 13.6 Å². The smallest absolute Gasteiger partial charge is 0.392 e. The highest BCUT2D eigenvalue weighted by Crippen LogP contribution is 2.40. The van der Waals surface area contributed by atoms with Gasteiger partial charge >= 0.3 is 14.6 Å². The van der Waals surface area contributed by atoms with Gasteiger partial charge in [0.15, 0.2) is 6.67 Å². The van der Waals surface area contributed by atoms with Gasteiger partial charge in [-0.1, -0.05) is 78.1 Å². The van der Waals surface area contributed by atoms with E-state index >= 15 is 0 Å². The minimum Gasteiger partial charge on any atom is -0.392 e. The first-order valence-electron chi connectivity index (χ1n) is 9.57. The number of hydrogen-bond acceptors (Lipinski definition) is 4. The van der Waals surface area contributed by atoms with Crippen LogP contribution in [0.25, 0.3) is 0 Å². The molecule has 0 N–H and O–H groups in total. The Hall–Kier alpha value is -0.250. The molecule has 0 aliphatic carbocycles. The number of carbonyl (C=O) groups is 1. The maximum atomic E-state index is 12.3. The van der Waals surface area contributed by atoms with Gasteiger partial charge in [0.1, 0.15) is 0 Å². The van der Waals surface area contributed by atoms with Crippen molar-refractivity contribution in [3.05, 3.63) is 0 Å². The number of unbranched alkanes of at least 4 members (excludes halogenated alkanes) is 10. The lowest BCUT2D eigenvalue weighted by molar-refractivity contribution is -0.136. The summed E-state index contributed by atoms with van der Waals surface area (Å²) >= 11 is 0. The Morgan fingerprint density at radius 3 is 1.58 bits per heavy atom. The van der Waals surface area contributed by atoms with Crippen molar-refractivity contribution in [3.63, 3.8) is 0 Å². The Kier molecular flexibility index (Phi) is 18.9. The molecule has 0 fully saturated rings. The second-order valence-corrected chi connectivity index (χ2v) is 7.17. The highest BCUT2D eigenvalue weighted by atomic mass is 31.2. The van der Waals surface area contributed by atoms with E-state index in [9.17, 15) is 9.18 Å². The molecule has 0 saturated heterocycles. The predicted molar refractivity (Wildman–Crippen MR) is 97.6 cm³/mol. The molecule has 0 unspecified atom stereocenters. The molecule has 0 saturated carbocycles. The first kappa shape index (κ1) is 23.8. The van der Waals surface area contributed by atoms with E-state index in [0.29, 0.717) is 13.2 Å². The van der Waals surface area contributed by atoms with Crippen molar-refractivity contribution < 1.29 is 22.8 Å². The van der Waals surface area contributed by atoms with Crippen LogP contribution in [-0.2, 0) is 18.4 Å². The van der Waals surface area contributed by atoms with E-state index in [-0.39, 0.29) is 0 Å². The average Bonchev–Trinajstić information content (AvgIpc) is 2.59. The van der Waals surface area contributed by atoms with Gasteiger partial charge in [0, 0.05) is 0 Å². The SMILES string of the molecule is CCCCCCCCOP(OCCCCCCCC)OC(=O)CF. The van der Waals surface area contributed by atoms with E-state index in [1.165, 1.54) is 51.4 Å². The topological polar surface area (TPSA) is 44.8 Å². The average molecular weight is 366 g/mol. The molecule has 0 rings (SSSR count). The lowest BCUT2D eigenvalue weighted by Gasteiger charge is -2.15. The summed E-state index contributed by atoms with van der Waals surface area (Å²) in [4.78, 5) is 11.1. The Morgan fingerprint density at radius 2 is 1.17 bits per heavy atom. The monoisotopic (exact) mass is 366 g/mol. The summed E-state index contributed by atoms with van der Waals surface area (Å²) < 4.78 is 28.2. The fourth-order valence-corrected chi connectivity index (χ4v) is 3.19. The van der Waals surface area contributed by atoms with Crippen LogP contribution in [0.1, 0.15) is 90.9 Å². The molecule has 144 valence electrons. The fraction of sp³-hybridized carbons (Fsp3) is 0.944. The van der Waals surface area contributed by atoms with Crippen LogP contribution in [0.15, 0.2) is 0 Å². The van der Waals surface area contributed by atoms with Gasteiger partial charge in [0.25, 0.3) is 0 Å². The molecule has 0 amide bonds. The predicted octanol–water partition coefficient (Wildman–Crippen LogP) is 6.48. The minimum atomic E-state index is -1.75. The van der Waals surface area contributed by atoms with Crippen molar-refractivity contribution in [2.75, 3.05) is 19.9 Å². The number of halogens is 1. The second kappa shape index (κ2) is 19.1. The Balaban J connectivity index is 3.75. The first-order chi connectivity index (χ1) is 11.7. The molecule has 0 radical (unpaired) electrons. The molecule has 0 aromatic rings. The third-order valence-corrected chi connectivity index (χ3v) is 4.81. The van der Waals surface area contributed by atoms with Crippen LogP contribution >= 0.6 is 8.60 Å². The number of carbonyl (C=O) groups excluding carboxylic acids is 1. The zero-order chi connectivity index (χ0) is 17.9. The summed E-state index contributed by atoms with van der Waals surface area (Å²) in [7, 11) is -1.75. The quantitative estimate of drug-likeness (QED) is 0.206. The molecule has 4 nitrogen and oxygen atoms in total. The van der Waals surface area contributed by atoms with Crippen LogP contribution in [-0.4, -0.2) is 25.9 Å². The molecular formula is C18H36FO4P. The van der Waals surface area contributed by atoms with Gasteiger partial charge in [-0.05, 0) is 12.8 Å². The summed E-state index contributed by atoms with van der Waals surface area (Å²) in [6.07, 6.45) is 13.9. The van der Waals surface area contributed by atoms with Crippen LogP contribution in [0.2, 0.25) is 0 Å². The summed E-state index contributed by atoms with van der Waals surface area (Å²) in [6.45, 7) is 4.23. The van der Waals surface area contributed by atoms with E-state index in [0.717, 1.165) is 25.7 Å². The Labute approximate surface area is 148 Å². The van der Waals surface area contributed by atoms with E-state index in [1.807, 2.05) is 0 Å². The molecule has 0 aromatic carbocycles. The van der Waals surface area contributed by atoms with Gasteiger partial charge in [-0.15, -0.1) is 0 Å². The zero-order valence-electron chi connectivity index (χ0n) is 15.6. The second-order valence-electron chi connectivity index (χ2n) is 6.02.